The highest BCUT2D eigenvalue weighted by Crippen LogP contribution is 2.32. The van der Waals surface area contributed by atoms with Crippen molar-refractivity contribution in [2.24, 2.45) is 0 Å². The van der Waals surface area contributed by atoms with Crippen LogP contribution in [0.3, 0.4) is 0 Å². The molecule has 0 heterocycles. The minimum absolute atomic E-state index is 0.690. The number of anilines is 1. The van der Waals surface area contributed by atoms with Crippen molar-refractivity contribution in [3.05, 3.63) is 53.0 Å². The molecule has 0 unspecified atom stereocenters. The standard InChI is InChI=1S/C13H10BrNO/c14-12-7-3-1-5-10(12)11-6-2-4-8-13(11)15-9-16/h1-9H,(H,15,16). The largest absolute Gasteiger partial charge is 0.328 e. The van der Waals surface area contributed by atoms with E-state index in [2.05, 4.69) is 21.2 Å². The van der Waals surface area contributed by atoms with E-state index in [0.29, 0.717) is 6.41 Å². The Bertz CT molecular complexity index is 511. The number of benzene rings is 2. The van der Waals surface area contributed by atoms with Crippen LogP contribution in [0.15, 0.2) is 53.0 Å². The fourth-order valence-electron chi connectivity index (χ4n) is 1.59. The average Bonchev–Trinajstić information content (AvgIpc) is 2.31. The number of carbonyl (C=O) groups excluding carboxylic acids is 1. The summed E-state index contributed by atoms with van der Waals surface area (Å²) in [6, 6.07) is 15.6. The molecule has 2 aromatic rings. The predicted octanol–water partition coefficient (Wildman–Crippen LogP) is 3.68. The van der Waals surface area contributed by atoms with E-state index in [1.165, 1.54) is 0 Å². The molecule has 0 radical (unpaired) electrons. The number of nitrogens with one attached hydrogen (secondary N) is 1. The summed E-state index contributed by atoms with van der Waals surface area (Å²) in [5.74, 6) is 0. The van der Waals surface area contributed by atoms with Gasteiger partial charge in [0, 0.05) is 15.7 Å². The zero-order valence-electron chi connectivity index (χ0n) is 8.48. The Morgan fingerprint density at radius 2 is 1.56 bits per heavy atom. The molecule has 2 aromatic carbocycles. The molecule has 0 saturated heterocycles. The molecule has 1 N–H and O–H groups in total. The summed E-state index contributed by atoms with van der Waals surface area (Å²) < 4.78 is 1.01. The quantitative estimate of drug-likeness (QED) is 0.851. The minimum Gasteiger partial charge on any atom is -0.328 e. The monoisotopic (exact) mass is 275 g/mol. The van der Waals surface area contributed by atoms with Gasteiger partial charge in [-0.15, -0.1) is 0 Å². The Morgan fingerprint density at radius 3 is 2.25 bits per heavy atom. The highest BCUT2D eigenvalue weighted by molar-refractivity contribution is 9.10. The molecule has 0 aliphatic heterocycles. The molecule has 2 rings (SSSR count). The first kappa shape index (κ1) is 10.9. The SMILES string of the molecule is O=CNc1ccccc1-c1ccccc1Br. The van der Waals surface area contributed by atoms with Crippen LogP contribution in [0.1, 0.15) is 0 Å². The Hall–Kier alpha value is -1.61. The molecule has 0 bridgehead atoms. The smallest absolute Gasteiger partial charge is 0.211 e. The number of para-hydroxylation sites is 1. The number of amides is 1. The molecule has 0 fully saturated rings. The number of carbonyl (C=O) groups is 1. The van der Waals surface area contributed by atoms with Crippen molar-refractivity contribution < 1.29 is 4.79 Å². The van der Waals surface area contributed by atoms with E-state index >= 15 is 0 Å². The molecule has 16 heavy (non-hydrogen) atoms. The van der Waals surface area contributed by atoms with Crippen molar-refractivity contribution in [2.75, 3.05) is 5.32 Å². The first-order valence-electron chi connectivity index (χ1n) is 4.87. The highest BCUT2D eigenvalue weighted by atomic mass is 79.9. The van der Waals surface area contributed by atoms with Crippen LogP contribution in [0.2, 0.25) is 0 Å². The lowest BCUT2D eigenvalue weighted by Gasteiger charge is -2.09. The molecular weight excluding hydrogens is 266 g/mol. The minimum atomic E-state index is 0.690. The van der Waals surface area contributed by atoms with E-state index < -0.39 is 0 Å². The Balaban J connectivity index is 2.55. The van der Waals surface area contributed by atoms with Crippen LogP contribution in [0.5, 0.6) is 0 Å². The second kappa shape index (κ2) is 4.94. The van der Waals surface area contributed by atoms with Crippen LogP contribution in [0.4, 0.5) is 5.69 Å². The van der Waals surface area contributed by atoms with Crippen LogP contribution in [0.25, 0.3) is 11.1 Å². The van der Waals surface area contributed by atoms with E-state index in [0.717, 1.165) is 21.3 Å². The van der Waals surface area contributed by atoms with Crippen molar-refractivity contribution >= 4 is 28.0 Å². The molecule has 0 aliphatic rings. The average molecular weight is 276 g/mol. The molecule has 0 atom stereocenters. The second-order valence-corrected chi connectivity index (χ2v) is 4.14. The molecule has 0 aliphatic carbocycles. The maximum absolute atomic E-state index is 10.5. The van der Waals surface area contributed by atoms with Crippen molar-refractivity contribution in [3.63, 3.8) is 0 Å². The zero-order chi connectivity index (χ0) is 11.4. The van der Waals surface area contributed by atoms with Gasteiger partial charge in [0.2, 0.25) is 6.41 Å². The third kappa shape index (κ3) is 2.14. The van der Waals surface area contributed by atoms with Gasteiger partial charge in [-0.05, 0) is 17.7 Å². The molecular formula is C13H10BrNO. The van der Waals surface area contributed by atoms with Gasteiger partial charge in [0.1, 0.15) is 0 Å². The first-order valence-corrected chi connectivity index (χ1v) is 5.66. The summed E-state index contributed by atoms with van der Waals surface area (Å²) in [7, 11) is 0. The number of hydrogen-bond acceptors (Lipinski definition) is 1. The fraction of sp³-hybridized carbons (Fsp3) is 0. The lowest BCUT2D eigenvalue weighted by molar-refractivity contribution is -0.105. The molecule has 1 amide bonds. The van der Waals surface area contributed by atoms with Gasteiger partial charge in [0.25, 0.3) is 0 Å². The summed E-state index contributed by atoms with van der Waals surface area (Å²) >= 11 is 3.50. The van der Waals surface area contributed by atoms with Crippen LogP contribution >= 0.6 is 15.9 Å². The number of halogens is 1. The second-order valence-electron chi connectivity index (χ2n) is 3.29. The molecule has 0 spiro atoms. The topological polar surface area (TPSA) is 29.1 Å². The molecule has 0 saturated carbocycles. The van der Waals surface area contributed by atoms with E-state index in [9.17, 15) is 4.79 Å². The summed E-state index contributed by atoms with van der Waals surface area (Å²) in [5.41, 5.74) is 2.87. The Kier molecular flexibility index (Phi) is 3.37. The number of hydrogen-bond donors (Lipinski definition) is 1. The van der Waals surface area contributed by atoms with Gasteiger partial charge >= 0.3 is 0 Å². The summed E-state index contributed by atoms with van der Waals surface area (Å²) in [5, 5.41) is 2.70. The summed E-state index contributed by atoms with van der Waals surface area (Å²) in [4.78, 5) is 10.5. The lowest BCUT2D eigenvalue weighted by atomic mass is 10.0. The third-order valence-electron chi connectivity index (χ3n) is 2.31. The van der Waals surface area contributed by atoms with Crippen LogP contribution in [0, 0.1) is 0 Å². The Labute approximate surface area is 102 Å². The summed E-state index contributed by atoms with van der Waals surface area (Å²) in [6.07, 6.45) is 0.690. The molecule has 80 valence electrons. The summed E-state index contributed by atoms with van der Waals surface area (Å²) in [6.45, 7) is 0. The van der Waals surface area contributed by atoms with Gasteiger partial charge in [0.15, 0.2) is 0 Å². The fourth-order valence-corrected chi connectivity index (χ4v) is 2.09. The van der Waals surface area contributed by atoms with E-state index in [-0.39, 0.29) is 0 Å². The predicted molar refractivity (Wildman–Crippen MR) is 69.3 cm³/mol. The van der Waals surface area contributed by atoms with Crippen LogP contribution in [-0.2, 0) is 4.79 Å². The Morgan fingerprint density at radius 1 is 0.938 bits per heavy atom. The van der Waals surface area contributed by atoms with Gasteiger partial charge in [-0.2, -0.15) is 0 Å². The molecule has 2 nitrogen and oxygen atoms in total. The normalized spacial score (nSPS) is 9.81. The van der Waals surface area contributed by atoms with Crippen molar-refractivity contribution in [2.45, 2.75) is 0 Å². The number of rotatable bonds is 3. The third-order valence-corrected chi connectivity index (χ3v) is 3.00. The van der Waals surface area contributed by atoms with Gasteiger partial charge in [-0.25, -0.2) is 0 Å². The zero-order valence-corrected chi connectivity index (χ0v) is 10.1. The van der Waals surface area contributed by atoms with E-state index in [4.69, 9.17) is 0 Å². The van der Waals surface area contributed by atoms with Crippen molar-refractivity contribution in [1.82, 2.24) is 0 Å². The lowest BCUT2D eigenvalue weighted by Crippen LogP contribution is -1.96. The van der Waals surface area contributed by atoms with E-state index in [1.807, 2.05) is 48.5 Å². The molecule has 0 aromatic heterocycles. The van der Waals surface area contributed by atoms with Gasteiger partial charge < -0.3 is 5.32 Å². The van der Waals surface area contributed by atoms with Crippen LogP contribution in [-0.4, -0.2) is 6.41 Å². The molecule has 3 heteroatoms. The van der Waals surface area contributed by atoms with Gasteiger partial charge in [0.05, 0.1) is 0 Å². The van der Waals surface area contributed by atoms with E-state index in [1.54, 1.807) is 0 Å². The van der Waals surface area contributed by atoms with Crippen molar-refractivity contribution in [1.29, 1.82) is 0 Å². The highest BCUT2D eigenvalue weighted by Gasteiger charge is 2.06. The van der Waals surface area contributed by atoms with Crippen LogP contribution < -0.4 is 5.32 Å². The maximum Gasteiger partial charge on any atom is 0.211 e. The maximum atomic E-state index is 10.5. The van der Waals surface area contributed by atoms with Gasteiger partial charge in [-0.3, -0.25) is 4.79 Å². The van der Waals surface area contributed by atoms with Gasteiger partial charge in [-0.1, -0.05) is 52.3 Å². The first-order chi connectivity index (χ1) is 7.83. The van der Waals surface area contributed by atoms with Crippen molar-refractivity contribution in [3.8, 4) is 11.1 Å².